The first kappa shape index (κ1) is 28.1. The molecule has 0 bridgehead atoms. The number of hydrogen-bond acceptors (Lipinski definition) is 4. The number of rotatable bonds is 17. The van der Waals surface area contributed by atoms with Gasteiger partial charge >= 0.3 is 0 Å². The molecule has 0 amide bonds. The van der Waals surface area contributed by atoms with Crippen molar-refractivity contribution in [3.8, 4) is 0 Å². The standard InChI is InChI=1S/C28H54O4/c1-27(2,23-31-25-17-11-15-21-29-25)19-13-9-7-5-6-8-10-14-20-28(3,4)24-32-26-18-12-16-22-30-26/h25-26H,5-24H2,1-4H3. The molecule has 0 saturated carbocycles. The van der Waals surface area contributed by atoms with E-state index in [-0.39, 0.29) is 23.4 Å². The highest BCUT2D eigenvalue weighted by molar-refractivity contribution is 4.70. The van der Waals surface area contributed by atoms with Crippen LogP contribution in [0.4, 0.5) is 0 Å². The van der Waals surface area contributed by atoms with Crippen LogP contribution in [0.1, 0.15) is 130 Å². The molecule has 0 aromatic carbocycles. The molecule has 2 rings (SSSR count). The maximum Gasteiger partial charge on any atom is 0.157 e. The van der Waals surface area contributed by atoms with Gasteiger partial charge in [-0.05, 0) is 62.2 Å². The van der Waals surface area contributed by atoms with E-state index in [4.69, 9.17) is 18.9 Å². The van der Waals surface area contributed by atoms with Crippen LogP contribution in [-0.2, 0) is 18.9 Å². The Morgan fingerprint density at radius 1 is 0.562 bits per heavy atom. The van der Waals surface area contributed by atoms with E-state index >= 15 is 0 Å². The molecule has 2 atom stereocenters. The molecule has 2 heterocycles. The van der Waals surface area contributed by atoms with Crippen LogP contribution >= 0.6 is 0 Å². The Labute approximate surface area is 199 Å². The van der Waals surface area contributed by atoms with E-state index in [2.05, 4.69) is 27.7 Å². The monoisotopic (exact) mass is 454 g/mol. The van der Waals surface area contributed by atoms with Crippen molar-refractivity contribution in [2.45, 2.75) is 143 Å². The Morgan fingerprint density at radius 2 is 0.938 bits per heavy atom. The van der Waals surface area contributed by atoms with Gasteiger partial charge in [0.2, 0.25) is 0 Å². The topological polar surface area (TPSA) is 36.9 Å². The van der Waals surface area contributed by atoms with Gasteiger partial charge in [-0.3, -0.25) is 0 Å². The maximum atomic E-state index is 6.01. The highest BCUT2D eigenvalue weighted by Crippen LogP contribution is 2.28. The molecular formula is C28H54O4. The first-order chi connectivity index (χ1) is 15.4. The fraction of sp³-hybridized carbons (Fsp3) is 1.00. The van der Waals surface area contributed by atoms with E-state index in [1.54, 1.807) is 0 Å². The summed E-state index contributed by atoms with van der Waals surface area (Å²) in [7, 11) is 0. The molecule has 2 aliphatic rings. The molecule has 0 aromatic rings. The molecule has 0 radical (unpaired) electrons. The van der Waals surface area contributed by atoms with Crippen LogP contribution in [-0.4, -0.2) is 39.0 Å². The summed E-state index contributed by atoms with van der Waals surface area (Å²) in [6, 6.07) is 0. The zero-order chi connectivity index (χ0) is 23.1. The maximum absolute atomic E-state index is 6.01. The smallest absolute Gasteiger partial charge is 0.157 e. The Balaban J connectivity index is 1.37. The highest BCUT2D eigenvalue weighted by Gasteiger charge is 2.23. The zero-order valence-electron chi connectivity index (χ0n) is 21.9. The van der Waals surface area contributed by atoms with E-state index in [1.165, 1.54) is 89.9 Å². The number of hydrogen-bond donors (Lipinski definition) is 0. The Morgan fingerprint density at radius 3 is 1.28 bits per heavy atom. The fourth-order valence-corrected chi connectivity index (χ4v) is 4.73. The van der Waals surface area contributed by atoms with E-state index < -0.39 is 0 Å². The van der Waals surface area contributed by atoms with Crippen molar-refractivity contribution in [2.24, 2.45) is 10.8 Å². The van der Waals surface area contributed by atoms with Gasteiger partial charge in [-0.2, -0.15) is 0 Å². The Hall–Kier alpha value is -0.160. The van der Waals surface area contributed by atoms with Crippen molar-refractivity contribution in [2.75, 3.05) is 26.4 Å². The van der Waals surface area contributed by atoms with Crippen molar-refractivity contribution in [1.29, 1.82) is 0 Å². The second-order valence-electron chi connectivity index (χ2n) is 11.9. The predicted octanol–water partition coefficient (Wildman–Crippen LogP) is 8.03. The van der Waals surface area contributed by atoms with E-state index in [0.717, 1.165) is 39.3 Å². The van der Waals surface area contributed by atoms with Crippen LogP contribution in [0.5, 0.6) is 0 Å². The summed E-state index contributed by atoms with van der Waals surface area (Å²) < 4.78 is 23.4. The fourth-order valence-electron chi connectivity index (χ4n) is 4.73. The van der Waals surface area contributed by atoms with Gasteiger partial charge < -0.3 is 18.9 Å². The lowest BCUT2D eigenvalue weighted by Gasteiger charge is -2.29. The van der Waals surface area contributed by atoms with Gasteiger partial charge in [0.25, 0.3) is 0 Å². The van der Waals surface area contributed by atoms with Gasteiger partial charge in [-0.1, -0.05) is 79.1 Å². The lowest BCUT2D eigenvalue weighted by atomic mass is 9.87. The first-order valence-corrected chi connectivity index (χ1v) is 13.8. The molecule has 32 heavy (non-hydrogen) atoms. The van der Waals surface area contributed by atoms with Crippen molar-refractivity contribution in [3.63, 3.8) is 0 Å². The van der Waals surface area contributed by atoms with E-state index in [0.29, 0.717) is 0 Å². The quantitative estimate of drug-likeness (QED) is 0.208. The molecule has 2 aliphatic heterocycles. The minimum absolute atomic E-state index is 0.0482. The van der Waals surface area contributed by atoms with Crippen LogP contribution in [0.25, 0.3) is 0 Å². The molecule has 0 N–H and O–H groups in total. The predicted molar refractivity (Wildman–Crippen MR) is 133 cm³/mol. The Bertz CT molecular complexity index is 408. The molecule has 2 saturated heterocycles. The van der Waals surface area contributed by atoms with Crippen molar-refractivity contribution >= 4 is 0 Å². The third-order valence-corrected chi connectivity index (χ3v) is 7.05. The molecule has 2 unspecified atom stereocenters. The highest BCUT2D eigenvalue weighted by atomic mass is 16.7. The van der Waals surface area contributed by atoms with Gasteiger partial charge in [-0.15, -0.1) is 0 Å². The van der Waals surface area contributed by atoms with Gasteiger partial charge in [0.1, 0.15) is 0 Å². The van der Waals surface area contributed by atoms with E-state index in [1.807, 2.05) is 0 Å². The second-order valence-corrected chi connectivity index (χ2v) is 11.9. The van der Waals surface area contributed by atoms with Crippen LogP contribution in [0, 0.1) is 10.8 Å². The van der Waals surface area contributed by atoms with Gasteiger partial charge in [0.15, 0.2) is 12.6 Å². The second kappa shape index (κ2) is 15.7. The SMILES string of the molecule is CC(C)(CCCCCCCCCCC(C)(C)COC1CCCCO1)COC1CCCCO1. The molecular weight excluding hydrogens is 400 g/mol. The first-order valence-electron chi connectivity index (χ1n) is 13.8. The summed E-state index contributed by atoms with van der Waals surface area (Å²) in [4.78, 5) is 0. The summed E-state index contributed by atoms with van der Waals surface area (Å²) >= 11 is 0. The molecule has 4 nitrogen and oxygen atoms in total. The van der Waals surface area contributed by atoms with Crippen molar-refractivity contribution in [3.05, 3.63) is 0 Å². The minimum atomic E-state index is 0.0482. The summed E-state index contributed by atoms with van der Waals surface area (Å²) in [6.07, 6.45) is 20.5. The Kier molecular flexibility index (Phi) is 13.8. The van der Waals surface area contributed by atoms with Crippen molar-refractivity contribution < 1.29 is 18.9 Å². The molecule has 190 valence electrons. The van der Waals surface area contributed by atoms with Gasteiger partial charge in [0, 0.05) is 13.2 Å². The van der Waals surface area contributed by atoms with Crippen LogP contribution < -0.4 is 0 Å². The van der Waals surface area contributed by atoms with Gasteiger partial charge in [-0.25, -0.2) is 0 Å². The van der Waals surface area contributed by atoms with E-state index in [9.17, 15) is 0 Å². The number of unbranched alkanes of at least 4 members (excludes halogenated alkanes) is 7. The van der Waals surface area contributed by atoms with Crippen LogP contribution in [0.2, 0.25) is 0 Å². The molecule has 0 aliphatic carbocycles. The summed E-state index contributed by atoms with van der Waals surface area (Å²) in [6.45, 7) is 12.7. The lowest BCUT2D eigenvalue weighted by Crippen LogP contribution is -2.28. The summed E-state index contributed by atoms with van der Waals surface area (Å²) in [5, 5.41) is 0. The molecule has 0 spiro atoms. The third kappa shape index (κ3) is 13.5. The lowest BCUT2D eigenvalue weighted by molar-refractivity contribution is -0.176. The summed E-state index contributed by atoms with van der Waals surface area (Å²) in [5.74, 6) is 0. The number of ether oxygens (including phenoxy) is 4. The normalized spacial score (nSPS) is 22.9. The largest absolute Gasteiger partial charge is 0.353 e. The van der Waals surface area contributed by atoms with Crippen LogP contribution in [0.3, 0.4) is 0 Å². The van der Waals surface area contributed by atoms with Crippen molar-refractivity contribution in [1.82, 2.24) is 0 Å². The molecule has 2 fully saturated rings. The van der Waals surface area contributed by atoms with Gasteiger partial charge in [0.05, 0.1) is 13.2 Å². The minimum Gasteiger partial charge on any atom is -0.353 e. The third-order valence-electron chi connectivity index (χ3n) is 7.05. The zero-order valence-corrected chi connectivity index (χ0v) is 21.9. The average Bonchev–Trinajstić information content (AvgIpc) is 2.79. The summed E-state index contributed by atoms with van der Waals surface area (Å²) in [5.41, 5.74) is 0.529. The average molecular weight is 455 g/mol. The van der Waals surface area contributed by atoms with Crippen LogP contribution in [0.15, 0.2) is 0 Å². The molecule has 0 aromatic heterocycles. The molecule has 4 heteroatoms.